The van der Waals surface area contributed by atoms with E-state index in [1.807, 2.05) is 12.1 Å². The largest absolute Gasteiger partial charge is 0.493 e. The van der Waals surface area contributed by atoms with Gasteiger partial charge in [-0.1, -0.05) is 46.8 Å². The van der Waals surface area contributed by atoms with E-state index >= 15 is 0 Å². The number of likely N-dealkylation sites (N-methyl/N-ethyl adjacent to an activating group) is 1. The smallest absolute Gasteiger partial charge is 0.263 e. The van der Waals surface area contributed by atoms with Gasteiger partial charge in [-0.3, -0.25) is 4.72 Å². The van der Waals surface area contributed by atoms with Crippen LogP contribution in [0.5, 0.6) is 11.5 Å². The van der Waals surface area contributed by atoms with Gasteiger partial charge in [0, 0.05) is 18.0 Å². The summed E-state index contributed by atoms with van der Waals surface area (Å²) in [5.41, 5.74) is 1.53. The molecule has 0 bridgehead atoms. The summed E-state index contributed by atoms with van der Waals surface area (Å²) in [6, 6.07) is 10.3. The van der Waals surface area contributed by atoms with Gasteiger partial charge in [0.25, 0.3) is 10.0 Å². The number of nitrogens with one attached hydrogen (secondary N) is 1. The maximum absolute atomic E-state index is 13.1. The molecule has 0 radical (unpaired) electrons. The predicted molar refractivity (Wildman–Crippen MR) is 135 cm³/mol. The Morgan fingerprint density at radius 2 is 1.68 bits per heavy atom. The average molecular weight is 487 g/mol. The van der Waals surface area contributed by atoms with Crippen LogP contribution in [0, 0.1) is 0 Å². The normalized spacial score (nSPS) is 12.2. The van der Waals surface area contributed by atoms with Gasteiger partial charge in [0.15, 0.2) is 17.3 Å². The summed E-state index contributed by atoms with van der Waals surface area (Å²) in [6.45, 7) is 13.6. The van der Waals surface area contributed by atoms with Crippen LogP contribution in [0.4, 0.5) is 5.82 Å². The summed E-state index contributed by atoms with van der Waals surface area (Å²) >= 11 is 0. The van der Waals surface area contributed by atoms with Crippen LogP contribution < -0.4 is 14.2 Å². The van der Waals surface area contributed by atoms with E-state index in [1.54, 1.807) is 31.4 Å². The van der Waals surface area contributed by atoms with Crippen molar-refractivity contribution >= 4 is 26.7 Å². The van der Waals surface area contributed by atoms with Crippen molar-refractivity contribution in [3.8, 4) is 11.5 Å². The molecule has 0 amide bonds. The lowest BCUT2D eigenvalue weighted by atomic mass is 9.87. The van der Waals surface area contributed by atoms with E-state index in [2.05, 4.69) is 54.2 Å². The average Bonchev–Trinajstić information content (AvgIpc) is 2.81. The monoisotopic (exact) mass is 486 g/mol. The third kappa shape index (κ3) is 5.95. The lowest BCUT2D eigenvalue weighted by Crippen LogP contribution is -2.27. The van der Waals surface area contributed by atoms with Crippen LogP contribution in [0.15, 0.2) is 47.6 Å². The van der Waals surface area contributed by atoms with Crippen molar-refractivity contribution < 1.29 is 17.9 Å². The molecule has 34 heavy (non-hydrogen) atoms. The number of anilines is 1. The molecule has 0 saturated heterocycles. The number of hydrogen-bond acceptors (Lipinski definition) is 7. The van der Waals surface area contributed by atoms with E-state index in [9.17, 15) is 8.42 Å². The van der Waals surface area contributed by atoms with Crippen LogP contribution in [0.25, 0.3) is 10.9 Å². The Morgan fingerprint density at radius 3 is 2.26 bits per heavy atom. The van der Waals surface area contributed by atoms with Crippen molar-refractivity contribution in [2.45, 2.75) is 44.9 Å². The van der Waals surface area contributed by atoms with Crippen LogP contribution in [-0.4, -0.2) is 56.6 Å². The van der Waals surface area contributed by atoms with Gasteiger partial charge in [0.05, 0.1) is 17.5 Å². The topological polar surface area (TPSA) is 93.6 Å². The molecule has 1 N–H and O–H groups in total. The Labute approximate surface area is 202 Å². The standard InChI is InChI=1S/C25H34N4O4S/c1-7-29(8-2)13-14-33-23-16-21-20(15-22(23)32-6)24(27-17-26-21)28-34(30,31)19-11-9-18(10-12-19)25(3,4)5/h9-12,15-17H,7-8,13-14H2,1-6H3,(H,26,27,28). The Bertz CT molecular complexity index is 1220. The molecule has 3 aromatic rings. The molecule has 3 rings (SSSR count). The first-order chi connectivity index (χ1) is 16.1. The number of hydrogen-bond donors (Lipinski definition) is 1. The van der Waals surface area contributed by atoms with Crippen molar-refractivity contribution in [3.63, 3.8) is 0 Å². The number of methoxy groups -OCH3 is 1. The van der Waals surface area contributed by atoms with Gasteiger partial charge in [-0.25, -0.2) is 18.4 Å². The van der Waals surface area contributed by atoms with E-state index in [-0.39, 0.29) is 16.1 Å². The molecule has 0 spiro atoms. The Hall–Kier alpha value is -2.91. The highest BCUT2D eigenvalue weighted by Crippen LogP contribution is 2.34. The highest BCUT2D eigenvalue weighted by atomic mass is 32.2. The number of sulfonamides is 1. The van der Waals surface area contributed by atoms with Crippen LogP contribution >= 0.6 is 0 Å². The number of benzene rings is 2. The first kappa shape index (κ1) is 25.7. The number of fused-ring (bicyclic) bond motifs is 1. The molecule has 0 saturated carbocycles. The summed E-state index contributed by atoms with van der Waals surface area (Å²) in [6.07, 6.45) is 1.33. The highest BCUT2D eigenvalue weighted by molar-refractivity contribution is 7.92. The molecule has 1 aromatic heterocycles. The third-order valence-electron chi connectivity index (χ3n) is 5.74. The zero-order valence-electron chi connectivity index (χ0n) is 20.8. The van der Waals surface area contributed by atoms with Gasteiger partial charge in [-0.2, -0.15) is 0 Å². The van der Waals surface area contributed by atoms with Gasteiger partial charge in [0.1, 0.15) is 12.9 Å². The number of aromatic nitrogens is 2. The molecule has 2 aromatic carbocycles. The van der Waals surface area contributed by atoms with E-state index in [0.29, 0.717) is 29.0 Å². The lowest BCUT2D eigenvalue weighted by Gasteiger charge is -2.19. The summed E-state index contributed by atoms with van der Waals surface area (Å²) < 4.78 is 40.2. The van der Waals surface area contributed by atoms with Crippen molar-refractivity contribution in [1.29, 1.82) is 0 Å². The van der Waals surface area contributed by atoms with E-state index < -0.39 is 10.0 Å². The number of nitrogens with zero attached hydrogens (tertiary/aromatic N) is 3. The second-order valence-corrected chi connectivity index (χ2v) is 10.7. The van der Waals surface area contributed by atoms with E-state index in [4.69, 9.17) is 9.47 Å². The minimum absolute atomic E-state index is 0.0692. The fraction of sp³-hybridized carbons (Fsp3) is 0.440. The number of rotatable bonds is 10. The lowest BCUT2D eigenvalue weighted by molar-refractivity contribution is 0.217. The molecular formula is C25H34N4O4S. The highest BCUT2D eigenvalue weighted by Gasteiger charge is 2.20. The molecule has 0 aliphatic heterocycles. The quantitative estimate of drug-likeness (QED) is 0.452. The zero-order valence-corrected chi connectivity index (χ0v) is 21.6. The molecule has 8 nitrogen and oxygen atoms in total. The molecule has 0 aliphatic carbocycles. The third-order valence-corrected chi connectivity index (χ3v) is 7.10. The molecule has 9 heteroatoms. The first-order valence-electron chi connectivity index (χ1n) is 11.4. The maximum Gasteiger partial charge on any atom is 0.263 e. The molecule has 0 aliphatic rings. The van der Waals surface area contributed by atoms with Gasteiger partial charge in [-0.15, -0.1) is 0 Å². The van der Waals surface area contributed by atoms with Crippen LogP contribution in [0.3, 0.4) is 0 Å². The fourth-order valence-corrected chi connectivity index (χ4v) is 4.59. The zero-order chi connectivity index (χ0) is 24.9. The molecule has 0 atom stereocenters. The summed E-state index contributed by atoms with van der Waals surface area (Å²) in [7, 11) is -2.30. The first-order valence-corrected chi connectivity index (χ1v) is 12.9. The second-order valence-electron chi connectivity index (χ2n) is 9.00. The van der Waals surface area contributed by atoms with Gasteiger partial charge in [0.2, 0.25) is 0 Å². The summed E-state index contributed by atoms with van der Waals surface area (Å²) in [5.74, 6) is 1.21. The van der Waals surface area contributed by atoms with Crippen LogP contribution in [-0.2, 0) is 15.4 Å². The van der Waals surface area contributed by atoms with Gasteiger partial charge in [-0.05, 0) is 42.3 Å². The number of ether oxygens (including phenoxy) is 2. The van der Waals surface area contributed by atoms with E-state index in [1.165, 1.54) is 6.33 Å². The Kier molecular flexibility index (Phi) is 7.99. The van der Waals surface area contributed by atoms with Crippen molar-refractivity contribution in [2.75, 3.05) is 38.1 Å². The minimum Gasteiger partial charge on any atom is -0.493 e. The van der Waals surface area contributed by atoms with Crippen LogP contribution in [0.2, 0.25) is 0 Å². The fourth-order valence-electron chi connectivity index (χ4n) is 3.56. The summed E-state index contributed by atoms with van der Waals surface area (Å²) in [5, 5.41) is 0.519. The SMILES string of the molecule is CCN(CC)CCOc1cc2ncnc(NS(=O)(=O)c3ccc(C(C)(C)C)cc3)c2cc1OC. The molecular weight excluding hydrogens is 452 g/mol. The van der Waals surface area contributed by atoms with Crippen LogP contribution in [0.1, 0.15) is 40.2 Å². The van der Waals surface area contributed by atoms with Gasteiger partial charge < -0.3 is 14.4 Å². The van der Waals surface area contributed by atoms with Gasteiger partial charge >= 0.3 is 0 Å². The second kappa shape index (κ2) is 10.6. The van der Waals surface area contributed by atoms with Crippen molar-refractivity contribution in [2.24, 2.45) is 0 Å². The molecule has 1 heterocycles. The van der Waals surface area contributed by atoms with E-state index in [0.717, 1.165) is 25.2 Å². The summed E-state index contributed by atoms with van der Waals surface area (Å²) in [4.78, 5) is 10.9. The minimum atomic E-state index is -3.84. The Morgan fingerprint density at radius 1 is 1.00 bits per heavy atom. The Balaban J connectivity index is 1.88. The molecule has 184 valence electrons. The molecule has 0 unspecified atom stereocenters. The van der Waals surface area contributed by atoms with Crippen molar-refractivity contribution in [3.05, 3.63) is 48.3 Å². The predicted octanol–water partition coefficient (Wildman–Crippen LogP) is 4.46. The molecule has 0 fully saturated rings. The maximum atomic E-state index is 13.1. The van der Waals surface area contributed by atoms with Crippen molar-refractivity contribution in [1.82, 2.24) is 14.9 Å².